The molecule has 2 saturated heterocycles. The molecule has 12 nitrogen and oxygen atoms in total. The van der Waals surface area contributed by atoms with E-state index in [0.29, 0.717) is 12.5 Å². The van der Waals surface area contributed by atoms with Gasteiger partial charge in [0, 0.05) is 34.7 Å². The molecule has 12 heteroatoms. The highest BCUT2D eigenvalue weighted by molar-refractivity contribution is 5.92. The molecule has 6 heterocycles. The monoisotopic (exact) mass is 731 g/mol. The Balaban J connectivity index is 0.969. The van der Waals surface area contributed by atoms with E-state index in [1.807, 2.05) is 58.8 Å². The van der Waals surface area contributed by atoms with E-state index in [1.165, 1.54) is 0 Å². The smallest absolute Gasteiger partial charge is 0.411 e. The number of hydrogen-bond donors (Lipinski definition) is 2. The van der Waals surface area contributed by atoms with Crippen LogP contribution >= 0.6 is 0 Å². The number of benzene rings is 2. The third-order valence-electron chi connectivity index (χ3n) is 11.2. The van der Waals surface area contributed by atoms with Gasteiger partial charge in [0.25, 0.3) is 0 Å². The lowest BCUT2D eigenvalue weighted by Crippen LogP contribution is -2.43. The molecule has 3 aliphatic heterocycles. The van der Waals surface area contributed by atoms with Gasteiger partial charge in [-0.3, -0.25) is 9.80 Å². The number of nitrogens with zero attached hydrogens (tertiary/aromatic N) is 5. The Morgan fingerprint density at radius 1 is 0.833 bits per heavy atom. The average molecular weight is 732 g/mol. The summed E-state index contributed by atoms with van der Waals surface area (Å²) >= 11 is 0. The van der Waals surface area contributed by atoms with Gasteiger partial charge in [-0.05, 0) is 117 Å². The summed E-state index contributed by atoms with van der Waals surface area (Å²) in [7, 11) is 0. The number of fused-ring (bicyclic) bond motifs is 7. The summed E-state index contributed by atoms with van der Waals surface area (Å²) in [6, 6.07) is 14.9. The Hall–Kier alpha value is -5.26. The van der Waals surface area contributed by atoms with Crippen LogP contribution in [-0.4, -0.2) is 70.3 Å². The number of likely N-dealkylation sites (tertiary alicyclic amines) is 2. The minimum atomic E-state index is -0.556. The second kappa shape index (κ2) is 12.4. The summed E-state index contributed by atoms with van der Waals surface area (Å²) in [5, 5.41) is 1.10. The molecule has 1 aliphatic carbocycles. The molecule has 2 aromatic carbocycles. The highest BCUT2D eigenvalue weighted by atomic mass is 16.6. The molecule has 0 radical (unpaired) electrons. The first-order valence-corrected chi connectivity index (χ1v) is 19.3. The van der Waals surface area contributed by atoms with Crippen LogP contribution in [0, 0.1) is 5.92 Å². The number of rotatable bonds is 4. The Kier molecular flexibility index (Phi) is 7.92. The van der Waals surface area contributed by atoms with Gasteiger partial charge in [0.2, 0.25) is 0 Å². The molecular formula is C42H49N7O5. The number of aromatic amines is 2. The standard InChI is InChI=1S/C42H49N7O5/c1-23-48-32-15-12-24(30-21-43-37(45-30)33-9-8-16-47(33)39(50)53-41(2,3)4)17-27(32)19-34(48)29-14-11-25(20-35(29)52-23)31-22-44-38(46-31)36-26-10-13-28(18-26)49(36)40(51)54-42(5,6)7/h11-12,14-15,17,19-23,26,28,33,36H,8-10,13,16,18H2,1-7H3,(H,43,45)(H,44,46)/t23?,26-,28+,33-,36-/m0/s1. The van der Waals surface area contributed by atoms with Crippen LogP contribution in [-0.2, 0) is 9.47 Å². The number of ether oxygens (including phenoxy) is 3. The molecule has 54 heavy (non-hydrogen) atoms. The van der Waals surface area contributed by atoms with Gasteiger partial charge in [-0.25, -0.2) is 19.6 Å². The van der Waals surface area contributed by atoms with Crippen molar-refractivity contribution in [2.75, 3.05) is 6.54 Å². The Morgan fingerprint density at radius 3 is 2.28 bits per heavy atom. The molecule has 2 bridgehead atoms. The maximum absolute atomic E-state index is 13.3. The zero-order chi connectivity index (χ0) is 37.7. The molecule has 5 atom stereocenters. The molecule has 2 amide bonds. The molecule has 3 aromatic heterocycles. The van der Waals surface area contributed by atoms with Gasteiger partial charge in [0.05, 0.1) is 47.1 Å². The molecule has 5 aromatic rings. The first-order valence-electron chi connectivity index (χ1n) is 19.3. The van der Waals surface area contributed by atoms with E-state index >= 15 is 0 Å². The van der Waals surface area contributed by atoms with Crippen molar-refractivity contribution in [2.45, 2.75) is 116 Å². The summed E-state index contributed by atoms with van der Waals surface area (Å²) in [6.45, 7) is 14.1. The lowest BCUT2D eigenvalue weighted by molar-refractivity contribution is 0.00613. The average Bonchev–Trinajstić information content (AvgIpc) is 3.95. The molecular weight excluding hydrogens is 683 g/mol. The predicted molar refractivity (Wildman–Crippen MR) is 205 cm³/mol. The second-order valence-corrected chi connectivity index (χ2v) is 17.4. The first-order chi connectivity index (χ1) is 25.7. The number of H-pyrrole nitrogens is 2. The van der Waals surface area contributed by atoms with Gasteiger partial charge in [-0.2, -0.15) is 0 Å². The molecule has 9 rings (SSSR count). The zero-order valence-corrected chi connectivity index (χ0v) is 32.1. The lowest BCUT2D eigenvalue weighted by Gasteiger charge is -2.35. The highest BCUT2D eigenvalue weighted by Gasteiger charge is 2.51. The van der Waals surface area contributed by atoms with Gasteiger partial charge in [-0.15, -0.1) is 0 Å². The molecule has 2 N–H and O–H groups in total. The van der Waals surface area contributed by atoms with Crippen molar-refractivity contribution in [3.05, 3.63) is 66.5 Å². The quantitative estimate of drug-likeness (QED) is 0.188. The lowest BCUT2D eigenvalue weighted by atomic mass is 9.98. The van der Waals surface area contributed by atoms with Crippen LogP contribution < -0.4 is 4.74 Å². The second-order valence-electron chi connectivity index (χ2n) is 17.4. The Morgan fingerprint density at radius 2 is 1.52 bits per heavy atom. The van der Waals surface area contributed by atoms with Crippen LogP contribution in [0.5, 0.6) is 5.75 Å². The number of nitrogens with one attached hydrogen (secondary N) is 2. The largest absolute Gasteiger partial charge is 0.470 e. The van der Waals surface area contributed by atoms with Crippen molar-refractivity contribution in [1.82, 2.24) is 34.3 Å². The summed E-state index contributed by atoms with van der Waals surface area (Å²) in [4.78, 5) is 46.6. The van der Waals surface area contributed by atoms with Crippen molar-refractivity contribution in [3.63, 3.8) is 0 Å². The van der Waals surface area contributed by atoms with Crippen molar-refractivity contribution in [2.24, 2.45) is 5.92 Å². The van der Waals surface area contributed by atoms with Gasteiger partial charge in [-0.1, -0.05) is 12.1 Å². The molecule has 3 fully saturated rings. The van der Waals surface area contributed by atoms with E-state index in [0.717, 1.165) is 94.2 Å². The van der Waals surface area contributed by atoms with Crippen LogP contribution in [0.25, 0.3) is 44.7 Å². The maximum Gasteiger partial charge on any atom is 0.411 e. The Bertz CT molecular complexity index is 2270. The van der Waals surface area contributed by atoms with Gasteiger partial charge in [0.1, 0.15) is 28.6 Å². The third-order valence-corrected chi connectivity index (χ3v) is 11.2. The fraction of sp³-hybridized carbons (Fsp3) is 0.476. The summed E-state index contributed by atoms with van der Waals surface area (Å²) in [6.07, 6.45) is 7.76. The van der Waals surface area contributed by atoms with Crippen LogP contribution in [0.1, 0.15) is 111 Å². The van der Waals surface area contributed by atoms with Gasteiger partial charge < -0.3 is 28.7 Å². The van der Waals surface area contributed by atoms with E-state index in [-0.39, 0.29) is 36.5 Å². The predicted octanol–water partition coefficient (Wildman–Crippen LogP) is 9.53. The van der Waals surface area contributed by atoms with Crippen LogP contribution in [0.15, 0.2) is 54.9 Å². The molecule has 1 saturated carbocycles. The van der Waals surface area contributed by atoms with Crippen molar-refractivity contribution < 1.29 is 23.8 Å². The number of amides is 2. The fourth-order valence-electron chi connectivity index (χ4n) is 9.03. The number of carbonyl (C=O) groups is 2. The Labute approximate surface area is 315 Å². The third kappa shape index (κ3) is 5.99. The molecule has 4 aliphatic rings. The van der Waals surface area contributed by atoms with Crippen LogP contribution in [0.4, 0.5) is 9.59 Å². The van der Waals surface area contributed by atoms with E-state index in [4.69, 9.17) is 24.2 Å². The molecule has 0 spiro atoms. The first kappa shape index (κ1) is 34.5. The minimum absolute atomic E-state index is 0.121. The number of imidazole rings is 2. The van der Waals surface area contributed by atoms with Crippen molar-refractivity contribution in [1.29, 1.82) is 0 Å². The topological polar surface area (TPSA) is 131 Å². The van der Waals surface area contributed by atoms with Crippen molar-refractivity contribution >= 4 is 23.1 Å². The van der Waals surface area contributed by atoms with Crippen molar-refractivity contribution in [3.8, 4) is 39.5 Å². The maximum atomic E-state index is 13.3. The summed E-state index contributed by atoms with van der Waals surface area (Å²) < 4.78 is 20.3. The number of carbonyl (C=O) groups excluding carboxylic acids is 2. The van der Waals surface area contributed by atoms with E-state index in [1.54, 1.807) is 4.90 Å². The highest BCUT2D eigenvalue weighted by Crippen LogP contribution is 2.51. The summed E-state index contributed by atoms with van der Waals surface area (Å²) in [5.74, 6) is 2.76. The van der Waals surface area contributed by atoms with Gasteiger partial charge in [0.15, 0.2) is 6.23 Å². The number of hydrogen-bond acceptors (Lipinski definition) is 7. The summed E-state index contributed by atoms with van der Waals surface area (Å²) in [5.41, 5.74) is 5.87. The van der Waals surface area contributed by atoms with E-state index in [9.17, 15) is 9.59 Å². The van der Waals surface area contributed by atoms with E-state index < -0.39 is 11.2 Å². The SMILES string of the molecule is CC1Oc2cc(-c3cnc([C@@H]4[C@H]5CC[C@H](C5)N4C(=O)OC(C)(C)C)[nH]3)ccc2-c2cc3cc(-c4cnc([C@@H]5CCCN5C(=O)OC(C)(C)C)[nH]4)ccc3n21. The normalized spacial score (nSPS) is 23.4. The number of piperidine rings is 1. The fourth-order valence-corrected chi connectivity index (χ4v) is 9.03. The van der Waals surface area contributed by atoms with Crippen LogP contribution in [0.2, 0.25) is 0 Å². The zero-order valence-electron chi connectivity index (χ0n) is 32.1. The molecule has 282 valence electrons. The molecule has 1 unspecified atom stereocenters. The van der Waals surface area contributed by atoms with Gasteiger partial charge >= 0.3 is 12.2 Å². The van der Waals surface area contributed by atoms with Crippen LogP contribution in [0.3, 0.4) is 0 Å². The minimum Gasteiger partial charge on any atom is -0.470 e. The van der Waals surface area contributed by atoms with E-state index in [2.05, 4.69) is 63.9 Å². The number of aromatic nitrogens is 5.